The van der Waals surface area contributed by atoms with Crippen LogP contribution in [0.3, 0.4) is 0 Å². The zero-order valence-electron chi connectivity index (χ0n) is 14.0. The number of benzene rings is 2. The SMILES string of the molecule is COc1ccc(/C(C#N)=C/C#Cc2ccc(N(C)C)cc2)c(N)c1.[HH]. The van der Waals surface area contributed by atoms with Crippen molar-refractivity contribution in [3.8, 4) is 23.7 Å². The number of hydrogen-bond acceptors (Lipinski definition) is 4. The molecule has 2 N–H and O–H groups in total. The van der Waals surface area contributed by atoms with E-state index in [-0.39, 0.29) is 1.43 Å². The molecule has 24 heavy (non-hydrogen) atoms. The molecule has 0 aliphatic carbocycles. The minimum Gasteiger partial charge on any atom is -0.497 e. The third-order valence-corrected chi connectivity index (χ3v) is 3.49. The highest BCUT2D eigenvalue weighted by Gasteiger charge is 2.06. The Balaban J connectivity index is 0.00000312. The van der Waals surface area contributed by atoms with Crippen molar-refractivity contribution in [2.75, 3.05) is 31.8 Å². The third-order valence-electron chi connectivity index (χ3n) is 3.49. The van der Waals surface area contributed by atoms with Crippen LogP contribution in [-0.4, -0.2) is 21.2 Å². The molecular formula is C20H21N3O. The average Bonchev–Trinajstić information content (AvgIpc) is 2.59. The van der Waals surface area contributed by atoms with E-state index in [1.54, 1.807) is 31.4 Å². The average molecular weight is 319 g/mol. The maximum absolute atomic E-state index is 9.35. The quantitative estimate of drug-likeness (QED) is 0.534. The third kappa shape index (κ3) is 4.09. The molecule has 0 saturated heterocycles. The minimum atomic E-state index is 0. The van der Waals surface area contributed by atoms with E-state index < -0.39 is 0 Å². The number of hydrogen-bond donors (Lipinski definition) is 1. The van der Waals surface area contributed by atoms with Crippen LogP contribution in [0.25, 0.3) is 5.57 Å². The number of nitrogens with zero attached hydrogens (tertiary/aromatic N) is 2. The maximum Gasteiger partial charge on any atom is 0.120 e. The molecule has 0 saturated carbocycles. The molecule has 0 bridgehead atoms. The summed E-state index contributed by atoms with van der Waals surface area (Å²) >= 11 is 0. The van der Waals surface area contributed by atoms with E-state index in [0.29, 0.717) is 22.6 Å². The van der Waals surface area contributed by atoms with Gasteiger partial charge in [-0.1, -0.05) is 11.8 Å². The van der Waals surface area contributed by atoms with Gasteiger partial charge in [-0.25, -0.2) is 0 Å². The zero-order valence-corrected chi connectivity index (χ0v) is 14.0. The van der Waals surface area contributed by atoms with E-state index in [4.69, 9.17) is 10.5 Å². The predicted molar refractivity (Wildman–Crippen MR) is 101 cm³/mol. The zero-order chi connectivity index (χ0) is 17.5. The van der Waals surface area contributed by atoms with Gasteiger partial charge in [-0.2, -0.15) is 5.26 Å². The van der Waals surface area contributed by atoms with Crippen LogP contribution in [0, 0.1) is 23.2 Å². The topological polar surface area (TPSA) is 62.3 Å². The number of rotatable bonds is 3. The molecule has 0 atom stereocenters. The standard InChI is InChI=1S/C20H19N3O.H2/c1-23(2)17-9-7-15(8-10-17)5-4-6-16(14-21)19-12-11-18(24-3)13-20(19)22;/h6-13H,22H2,1-3H3;1H/b16-6+;. The van der Waals surface area contributed by atoms with Crippen molar-refractivity contribution in [2.24, 2.45) is 0 Å². The normalized spacial score (nSPS) is 10.3. The molecule has 0 heterocycles. The number of ether oxygens (including phenoxy) is 1. The predicted octanol–water partition coefficient (Wildman–Crippen LogP) is 3.55. The summed E-state index contributed by atoms with van der Waals surface area (Å²) in [5.74, 6) is 6.60. The largest absolute Gasteiger partial charge is 0.497 e. The van der Waals surface area contributed by atoms with E-state index in [9.17, 15) is 5.26 Å². The first kappa shape index (κ1) is 17.0. The van der Waals surface area contributed by atoms with Gasteiger partial charge in [0.1, 0.15) is 11.8 Å². The Morgan fingerprint density at radius 3 is 2.46 bits per heavy atom. The van der Waals surface area contributed by atoms with Gasteiger partial charge in [0, 0.05) is 50.2 Å². The van der Waals surface area contributed by atoms with Crippen LogP contribution in [-0.2, 0) is 0 Å². The highest BCUT2D eigenvalue weighted by molar-refractivity contribution is 5.85. The van der Waals surface area contributed by atoms with Crippen molar-refractivity contribution in [3.63, 3.8) is 0 Å². The fraction of sp³-hybridized carbons (Fsp3) is 0.150. The second kappa shape index (κ2) is 7.76. The maximum atomic E-state index is 9.35. The molecule has 0 aliphatic rings. The lowest BCUT2D eigenvalue weighted by molar-refractivity contribution is 0.415. The number of anilines is 2. The van der Waals surface area contributed by atoms with Crippen LogP contribution in [0.2, 0.25) is 0 Å². The molecule has 2 aromatic rings. The molecule has 0 aromatic heterocycles. The molecule has 0 aliphatic heterocycles. The monoisotopic (exact) mass is 319 g/mol. The first-order valence-electron chi connectivity index (χ1n) is 7.38. The van der Waals surface area contributed by atoms with Crippen molar-refractivity contribution in [1.29, 1.82) is 5.26 Å². The molecule has 0 spiro atoms. The minimum absolute atomic E-state index is 0. The highest BCUT2D eigenvalue weighted by Crippen LogP contribution is 2.25. The molecule has 122 valence electrons. The Morgan fingerprint density at radius 2 is 1.92 bits per heavy atom. The summed E-state index contributed by atoms with van der Waals surface area (Å²) in [5.41, 5.74) is 9.53. The summed E-state index contributed by atoms with van der Waals surface area (Å²) in [6.07, 6.45) is 1.58. The molecule has 2 aromatic carbocycles. The number of nitrogens with two attached hydrogens (primary N) is 1. The second-order valence-corrected chi connectivity index (χ2v) is 5.33. The number of nitrogen functional groups attached to an aromatic ring is 1. The molecule has 0 fully saturated rings. The summed E-state index contributed by atoms with van der Waals surface area (Å²) in [4.78, 5) is 2.03. The van der Waals surface area contributed by atoms with Gasteiger partial charge in [0.15, 0.2) is 0 Å². The first-order valence-corrected chi connectivity index (χ1v) is 7.38. The summed E-state index contributed by atoms with van der Waals surface area (Å²) in [6.45, 7) is 0. The highest BCUT2D eigenvalue weighted by atomic mass is 16.5. The first-order chi connectivity index (χ1) is 11.5. The smallest absolute Gasteiger partial charge is 0.120 e. The van der Waals surface area contributed by atoms with Crippen LogP contribution >= 0.6 is 0 Å². The molecule has 0 unspecified atom stereocenters. The molecule has 2 rings (SSSR count). The Labute approximate surface area is 144 Å². The summed E-state index contributed by atoms with van der Waals surface area (Å²) in [6, 6.07) is 15.3. The molecule has 0 radical (unpaired) electrons. The lowest BCUT2D eigenvalue weighted by Crippen LogP contribution is -2.07. The lowest BCUT2D eigenvalue weighted by Gasteiger charge is -2.11. The van der Waals surface area contributed by atoms with Crippen LogP contribution in [0.1, 0.15) is 12.6 Å². The number of nitriles is 1. The van der Waals surface area contributed by atoms with Crippen LogP contribution in [0.5, 0.6) is 5.75 Å². The summed E-state index contributed by atoms with van der Waals surface area (Å²) < 4.78 is 5.11. The van der Waals surface area contributed by atoms with Crippen molar-refractivity contribution in [3.05, 3.63) is 59.7 Å². The van der Waals surface area contributed by atoms with Gasteiger partial charge < -0.3 is 15.4 Å². The van der Waals surface area contributed by atoms with E-state index in [2.05, 4.69) is 17.9 Å². The van der Waals surface area contributed by atoms with Crippen LogP contribution in [0.4, 0.5) is 11.4 Å². The van der Waals surface area contributed by atoms with Gasteiger partial charge in [-0.05, 0) is 36.4 Å². The molecular weight excluding hydrogens is 298 g/mol. The fourth-order valence-corrected chi connectivity index (χ4v) is 2.12. The van der Waals surface area contributed by atoms with Crippen molar-refractivity contribution < 1.29 is 6.16 Å². The molecule has 0 amide bonds. The van der Waals surface area contributed by atoms with E-state index in [1.165, 1.54) is 0 Å². The summed E-state index contributed by atoms with van der Waals surface area (Å²) in [7, 11) is 5.55. The van der Waals surface area contributed by atoms with Crippen molar-refractivity contribution in [2.45, 2.75) is 0 Å². The molecule has 4 nitrogen and oxygen atoms in total. The van der Waals surface area contributed by atoms with Gasteiger partial charge in [-0.3, -0.25) is 0 Å². The van der Waals surface area contributed by atoms with Gasteiger partial charge in [0.05, 0.1) is 12.7 Å². The van der Waals surface area contributed by atoms with Gasteiger partial charge in [0.2, 0.25) is 0 Å². The Bertz CT molecular complexity index is 853. The van der Waals surface area contributed by atoms with Crippen LogP contribution < -0.4 is 15.4 Å². The lowest BCUT2D eigenvalue weighted by atomic mass is 10.0. The second-order valence-electron chi connectivity index (χ2n) is 5.33. The van der Waals surface area contributed by atoms with Crippen molar-refractivity contribution in [1.82, 2.24) is 0 Å². The Morgan fingerprint density at radius 1 is 1.21 bits per heavy atom. The van der Waals surface area contributed by atoms with Crippen molar-refractivity contribution >= 4 is 16.9 Å². The van der Waals surface area contributed by atoms with Gasteiger partial charge in [-0.15, -0.1) is 0 Å². The number of methoxy groups -OCH3 is 1. The Hall–Kier alpha value is -3.37. The van der Waals surface area contributed by atoms with Crippen LogP contribution in [0.15, 0.2) is 48.5 Å². The Kier molecular flexibility index (Phi) is 5.49. The van der Waals surface area contributed by atoms with Gasteiger partial charge in [0.25, 0.3) is 0 Å². The van der Waals surface area contributed by atoms with E-state index in [0.717, 1.165) is 11.3 Å². The van der Waals surface area contributed by atoms with E-state index >= 15 is 0 Å². The van der Waals surface area contributed by atoms with Gasteiger partial charge >= 0.3 is 0 Å². The fourth-order valence-electron chi connectivity index (χ4n) is 2.12. The van der Waals surface area contributed by atoms with E-state index in [1.807, 2.05) is 43.3 Å². The number of allylic oxidation sites excluding steroid dienone is 2. The molecule has 4 heteroatoms. The summed E-state index contributed by atoms with van der Waals surface area (Å²) in [5, 5.41) is 9.35.